The van der Waals surface area contributed by atoms with Gasteiger partial charge in [-0.15, -0.1) is 0 Å². The standard InChI is InChI=1S/C20H22ClN5O2S2/c1-2-30(27,28)26-9-7-14(8-10-26)25-20-22-12-19(29-20)18-11-17(23-13-24-18)15-5-3-4-6-16(15)21/h3-6,11-14H,2,7-10H2,1H3,(H,22,25). The first-order valence-electron chi connectivity index (χ1n) is 9.74. The van der Waals surface area contributed by atoms with Crippen molar-refractivity contribution in [3.8, 4) is 21.8 Å². The zero-order chi connectivity index (χ0) is 21.1. The number of halogens is 1. The number of anilines is 1. The van der Waals surface area contributed by atoms with Crippen molar-refractivity contribution in [2.45, 2.75) is 25.8 Å². The number of thiazole rings is 1. The van der Waals surface area contributed by atoms with Crippen LogP contribution in [-0.4, -0.2) is 52.6 Å². The van der Waals surface area contributed by atoms with Crippen LogP contribution in [0.1, 0.15) is 19.8 Å². The third-order valence-corrected chi connectivity index (χ3v) is 8.28. The Morgan fingerprint density at radius 2 is 1.90 bits per heavy atom. The first kappa shape index (κ1) is 21.2. The maximum absolute atomic E-state index is 12.0. The van der Waals surface area contributed by atoms with Crippen LogP contribution < -0.4 is 5.32 Å². The first-order valence-corrected chi connectivity index (χ1v) is 12.5. The summed E-state index contributed by atoms with van der Waals surface area (Å²) >= 11 is 7.82. The number of hydrogen-bond donors (Lipinski definition) is 1. The SMILES string of the molecule is CCS(=O)(=O)N1CCC(Nc2ncc(-c3cc(-c4ccccc4Cl)ncn3)s2)CC1. The number of sulfonamides is 1. The molecule has 2 aromatic heterocycles. The predicted octanol–water partition coefficient (Wildman–Crippen LogP) is 4.15. The third kappa shape index (κ3) is 4.64. The molecule has 4 rings (SSSR count). The van der Waals surface area contributed by atoms with E-state index in [2.05, 4.69) is 20.3 Å². The summed E-state index contributed by atoms with van der Waals surface area (Å²) < 4.78 is 25.6. The monoisotopic (exact) mass is 463 g/mol. The maximum atomic E-state index is 12.0. The van der Waals surface area contributed by atoms with Crippen LogP contribution >= 0.6 is 22.9 Å². The van der Waals surface area contributed by atoms with Crippen molar-refractivity contribution >= 4 is 38.1 Å². The average Bonchev–Trinajstić information content (AvgIpc) is 3.23. The number of hydrogen-bond acceptors (Lipinski definition) is 7. The van der Waals surface area contributed by atoms with Gasteiger partial charge in [0.15, 0.2) is 5.13 Å². The molecular weight excluding hydrogens is 442 g/mol. The van der Waals surface area contributed by atoms with E-state index < -0.39 is 10.0 Å². The Balaban J connectivity index is 1.44. The van der Waals surface area contributed by atoms with Gasteiger partial charge in [0.2, 0.25) is 10.0 Å². The number of aromatic nitrogens is 3. The molecule has 3 aromatic rings. The van der Waals surface area contributed by atoms with Gasteiger partial charge in [0.1, 0.15) is 6.33 Å². The molecule has 0 atom stereocenters. The Hall–Kier alpha value is -2.07. The van der Waals surface area contributed by atoms with Gasteiger partial charge in [-0.1, -0.05) is 41.1 Å². The van der Waals surface area contributed by atoms with Gasteiger partial charge in [0.05, 0.1) is 22.0 Å². The minimum absolute atomic E-state index is 0.149. The van der Waals surface area contributed by atoms with Crippen molar-refractivity contribution in [3.63, 3.8) is 0 Å². The van der Waals surface area contributed by atoms with E-state index >= 15 is 0 Å². The molecule has 1 aromatic carbocycles. The highest BCUT2D eigenvalue weighted by molar-refractivity contribution is 7.89. The Morgan fingerprint density at radius 1 is 1.17 bits per heavy atom. The Morgan fingerprint density at radius 3 is 2.63 bits per heavy atom. The highest BCUT2D eigenvalue weighted by Crippen LogP contribution is 2.32. The summed E-state index contributed by atoms with van der Waals surface area (Å²) in [5.41, 5.74) is 2.41. The smallest absolute Gasteiger partial charge is 0.213 e. The fraction of sp³-hybridized carbons (Fsp3) is 0.350. The second kappa shape index (κ2) is 8.97. The summed E-state index contributed by atoms with van der Waals surface area (Å²) in [5, 5.41) is 4.89. The second-order valence-corrected chi connectivity index (χ2v) is 10.7. The van der Waals surface area contributed by atoms with Crippen LogP contribution in [0.25, 0.3) is 21.8 Å². The van der Waals surface area contributed by atoms with E-state index in [1.807, 2.05) is 30.3 Å². The van der Waals surface area contributed by atoms with Gasteiger partial charge in [-0.05, 0) is 31.9 Å². The molecule has 1 aliphatic rings. The highest BCUT2D eigenvalue weighted by atomic mass is 35.5. The number of nitrogens with zero attached hydrogens (tertiary/aromatic N) is 4. The molecule has 1 fully saturated rings. The van der Waals surface area contributed by atoms with E-state index in [9.17, 15) is 8.42 Å². The number of piperidine rings is 1. The molecule has 1 saturated heterocycles. The number of benzene rings is 1. The molecule has 3 heterocycles. The van der Waals surface area contributed by atoms with Crippen LogP contribution in [0.15, 0.2) is 42.9 Å². The van der Waals surface area contributed by atoms with E-state index in [1.54, 1.807) is 17.4 Å². The second-order valence-electron chi connectivity index (χ2n) is 7.02. The van der Waals surface area contributed by atoms with Crippen LogP contribution in [0.2, 0.25) is 5.02 Å². The largest absolute Gasteiger partial charge is 0.359 e. The molecular formula is C20H22ClN5O2S2. The minimum atomic E-state index is -3.11. The van der Waals surface area contributed by atoms with Crippen molar-refractivity contribution in [1.82, 2.24) is 19.3 Å². The maximum Gasteiger partial charge on any atom is 0.213 e. The minimum Gasteiger partial charge on any atom is -0.359 e. The van der Waals surface area contributed by atoms with Gasteiger partial charge >= 0.3 is 0 Å². The van der Waals surface area contributed by atoms with Crippen LogP contribution in [0, 0.1) is 0 Å². The van der Waals surface area contributed by atoms with E-state index in [0.717, 1.165) is 39.8 Å². The van der Waals surface area contributed by atoms with Gasteiger partial charge < -0.3 is 5.32 Å². The molecule has 0 saturated carbocycles. The van der Waals surface area contributed by atoms with Crippen molar-refractivity contribution in [2.75, 3.05) is 24.2 Å². The summed E-state index contributed by atoms with van der Waals surface area (Å²) in [6.45, 7) is 2.76. The van der Waals surface area contributed by atoms with E-state index in [1.165, 1.54) is 17.7 Å². The molecule has 0 aliphatic carbocycles. The number of rotatable bonds is 6. The van der Waals surface area contributed by atoms with Crippen molar-refractivity contribution < 1.29 is 8.42 Å². The van der Waals surface area contributed by atoms with Crippen LogP contribution in [-0.2, 0) is 10.0 Å². The van der Waals surface area contributed by atoms with Crippen LogP contribution in [0.3, 0.4) is 0 Å². The topological polar surface area (TPSA) is 88.1 Å². The molecule has 10 heteroatoms. The summed E-state index contributed by atoms with van der Waals surface area (Å²) in [5.74, 6) is 0.149. The predicted molar refractivity (Wildman–Crippen MR) is 121 cm³/mol. The van der Waals surface area contributed by atoms with Gasteiger partial charge in [0, 0.05) is 35.9 Å². The number of nitrogens with one attached hydrogen (secondary N) is 1. The molecule has 1 aliphatic heterocycles. The molecule has 0 unspecified atom stereocenters. The summed E-state index contributed by atoms with van der Waals surface area (Å²) in [4.78, 5) is 14.1. The first-order chi connectivity index (χ1) is 14.5. The van der Waals surface area contributed by atoms with Gasteiger partial charge in [-0.2, -0.15) is 0 Å². The Bertz CT molecular complexity index is 1130. The van der Waals surface area contributed by atoms with E-state index in [-0.39, 0.29) is 11.8 Å². The summed E-state index contributed by atoms with van der Waals surface area (Å²) in [7, 11) is -3.11. The van der Waals surface area contributed by atoms with Crippen molar-refractivity contribution in [2.24, 2.45) is 0 Å². The molecule has 30 heavy (non-hydrogen) atoms. The lowest BCUT2D eigenvalue weighted by Gasteiger charge is -2.31. The third-order valence-electron chi connectivity index (χ3n) is 5.11. The van der Waals surface area contributed by atoms with E-state index in [0.29, 0.717) is 18.1 Å². The average molecular weight is 464 g/mol. The summed E-state index contributed by atoms with van der Waals surface area (Å²) in [6, 6.07) is 9.69. The molecule has 0 amide bonds. The Kier molecular flexibility index (Phi) is 6.33. The lowest BCUT2D eigenvalue weighted by molar-refractivity contribution is 0.330. The van der Waals surface area contributed by atoms with Gasteiger partial charge in [-0.25, -0.2) is 27.7 Å². The van der Waals surface area contributed by atoms with Gasteiger partial charge in [-0.3, -0.25) is 0 Å². The molecule has 0 spiro atoms. The quantitative estimate of drug-likeness (QED) is 0.590. The summed E-state index contributed by atoms with van der Waals surface area (Å²) in [6.07, 6.45) is 4.85. The molecule has 0 bridgehead atoms. The molecule has 1 N–H and O–H groups in total. The molecule has 158 valence electrons. The zero-order valence-corrected chi connectivity index (χ0v) is 18.8. The van der Waals surface area contributed by atoms with Crippen molar-refractivity contribution in [3.05, 3.63) is 47.9 Å². The van der Waals surface area contributed by atoms with Gasteiger partial charge in [0.25, 0.3) is 0 Å². The zero-order valence-electron chi connectivity index (χ0n) is 16.5. The lowest BCUT2D eigenvalue weighted by atomic mass is 10.1. The fourth-order valence-electron chi connectivity index (χ4n) is 3.40. The lowest BCUT2D eigenvalue weighted by Crippen LogP contribution is -2.42. The van der Waals surface area contributed by atoms with Crippen LogP contribution in [0.5, 0.6) is 0 Å². The normalized spacial score (nSPS) is 15.9. The molecule has 0 radical (unpaired) electrons. The van der Waals surface area contributed by atoms with Crippen LogP contribution in [0.4, 0.5) is 5.13 Å². The highest BCUT2D eigenvalue weighted by Gasteiger charge is 2.27. The molecule has 7 nitrogen and oxygen atoms in total. The Labute approximate surface area is 185 Å². The van der Waals surface area contributed by atoms with Crippen molar-refractivity contribution in [1.29, 1.82) is 0 Å². The van der Waals surface area contributed by atoms with E-state index in [4.69, 9.17) is 11.6 Å². The fourth-order valence-corrected chi connectivity index (χ4v) is 5.63.